The van der Waals surface area contributed by atoms with Gasteiger partial charge in [0, 0.05) is 18.1 Å². The molecule has 0 amide bonds. The Morgan fingerprint density at radius 1 is 1.10 bits per heavy atom. The molecule has 5 heteroatoms. The Hall–Kier alpha value is -1.75. The van der Waals surface area contributed by atoms with Crippen LogP contribution in [0.25, 0.3) is 11.3 Å². The fourth-order valence-electron chi connectivity index (χ4n) is 2.68. The lowest BCUT2D eigenvalue weighted by atomic mass is 9.94. The normalized spacial score (nSPS) is 16.5. The summed E-state index contributed by atoms with van der Waals surface area (Å²) in [6, 6.07) is 3.49. The molecule has 2 N–H and O–H groups in total. The second kappa shape index (κ2) is 5.71. The molecule has 3 nitrogen and oxygen atoms in total. The summed E-state index contributed by atoms with van der Waals surface area (Å²) in [5.41, 5.74) is 1.15. The molecule has 1 aliphatic rings. The van der Waals surface area contributed by atoms with Crippen LogP contribution in [0.5, 0.6) is 0 Å². The molecule has 20 heavy (non-hydrogen) atoms. The summed E-state index contributed by atoms with van der Waals surface area (Å²) in [7, 11) is 0. The maximum absolute atomic E-state index is 13.2. The van der Waals surface area contributed by atoms with Gasteiger partial charge >= 0.3 is 0 Å². The minimum atomic E-state index is -0.575. The van der Waals surface area contributed by atoms with Crippen molar-refractivity contribution >= 4 is 0 Å². The predicted molar refractivity (Wildman–Crippen MR) is 73.2 cm³/mol. The molecule has 1 fully saturated rings. The number of nitrogens with zero attached hydrogens (tertiary/aromatic N) is 1. The third kappa shape index (κ3) is 3.04. The van der Waals surface area contributed by atoms with Crippen LogP contribution in [-0.4, -0.2) is 23.1 Å². The zero-order chi connectivity index (χ0) is 13.9. The molecule has 0 aliphatic carbocycles. The Morgan fingerprint density at radius 3 is 2.50 bits per heavy atom. The van der Waals surface area contributed by atoms with Crippen molar-refractivity contribution < 1.29 is 8.78 Å². The maximum Gasteiger partial charge on any atom is 0.126 e. The Morgan fingerprint density at radius 2 is 1.80 bits per heavy atom. The van der Waals surface area contributed by atoms with Crippen molar-refractivity contribution in [2.24, 2.45) is 5.92 Å². The minimum Gasteiger partial charge on any atom is -0.342 e. The van der Waals surface area contributed by atoms with Gasteiger partial charge in [-0.1, -0.05) is 0 Å². The van der Waals surface area contributed by atoms with E-state index < -0.39 is 11.6 Å². The van der Waals surface area contributed by atoms with Crippen molar-refractivity contribution in [3.8, 4) is 11.3 Å². The number of H-pyrrole nitrogens is 1. The summed E-state index contributed by atoms with van der Waals surface area (Å²) < 4.78 is 26.4. The molecule has 3 rings (SSSR count). The Bertz CT molecular complexity index is 568. The third-order valence-corrected chi connectivity index (χ3v) is 3.74. The first kappa shape index (κ1) is 13.2. The van der Waals surface area contributed by atoms with Gasteiger partial charge in [0.25, 0.3) is 0 Å². The van der Waals surface area contributed by atoms with E-state index in [1.165, 1.54) is 12.1 Å². The number of aromatic amines is 1. The number of nitrogens with one attached hydrogen (secondary N) is 2. The third-order valence-electron chi connectivity index (χ3n) is 3.74. The van der Waals surface area contributed by atoms with Crippen molar-refractivity contribution in [1.29, 1.82) is 0 Å². The van der Waals surface area contributed by atoms with Crippen LogP contribution < -0.4 is 5.32 Å². The van der Waals surface area contributed by atoms with Crippen molar-refractivity contribution in [2.75, 3.05) is 13.1 Å². The van der Waals surface area contributed by atoms with Gasteiger partial charge in [0.2, 0.25) is 0 Å². The van der Waals surface area contributed by atoms with Crippen LogP contribution in [0.3, 0.4) is 0 Å². The largest absolute Gasteiger partial charge is 0.342 e. The summed E-state index contributed by atoms with van der Waals surface area (Å²) in [5.74, 6) is 0.361. The van der Waals surface area contributed by atoms with Crippen LogP contribution in [-0.2, 0) is 6.42 Å². The standard InChI is InChI=1S/C15H17F2N3/c16-12-6-11(7-13(17)8-12)14-9-19-15(20-14)5-10-1-3-18-4-2-10/h6-10,18H,1-5H2,(H,19,20). The second-order valence-corrected chi connectivity index (χ2v) is 5.30. The first-order chi connectivity index (χ1) is 9.70. The van der Waals surface area contributed by atoms with E-state index in [1.807, 2.05) is 0 Å². The molecule has 1 saturated heterocycles. The summed E-state index contributed by atoms with van der Waals surface area (Å²) in [6.45, 7) is 2.10. The van der Waals surface area contributed by atoms with Crippen molar-refractivity contribution in [3.05, 3.63) is 41.9 Å². The number of aromatic nitrogens is 2. The van der Waals surface area contributed by atoms with Crippen LogP contribution in [0.2, 0.25) is 0 Å². The molecule has 0 spiro atoms. The van der Waals surface area contributed by atoms with Crippen molar-refractivity contribution in [3.63, 3.8) is 0 Å². The van der Waals surface area contributed by atoms with Gasteiger partial charge in [0.05, 0.1) is 11.9 Å². The number of halogens is 2. The fraction of sp³-hybridized carbons (Fsp3) is 0.400. The van der Waals surface area contributed by atoms with E-state index in [0.717, 1.165) is 44.2 Å². The predicted octanol–water partition coefficient (Wildman–Crippen LogP) is 2.90. The van der Waals surface area contributed by atoms with Crippen molar-refractivity contribution in [1.82, 2.24) is 15.3 Å². The molecular weight excluding hydrogens is 260 g/mol. The van der Waals surface area contributed by atoms with E-state index in [0.29, 0.717) is 17.2 Å². The Kier molecular flexibility index (Phi) is 3.78. The number of hydrogen-bond donors (Lipinski definition) is 2. The summed E-state index contributed by atoms with van der Waals surface area (Å²) >= 11 is 0. The summed E-state index contributed by atoms with van der Waals surface area (Å²) in [4.78, 5) is 7.49. The second-order valence-electron chi connectivity index (χ2n) is 5.30. The van der Waals surface area contributed by atoms with Crippen LogP contribution in [0.15, 0.2) is 24.4 Å². The highest BCUT2D eigenvalue weighted by Gasteiger charge is 2.15. The number of imidazole rings is 1. The molecule has 2 aromatic rings. The van der Waals surface area contributed by atoms with E-state index in [2.05, 4.69) is 15.3 Å². The van der Waals surface area contributed by atoms with Gasteiger partial charge < -0.3 is 10.3 Å². The molecular formula is C15H17F2N3. The first-order valence-electron chi connectivity index (χ1n) is 6.92. The van der Waals surface area contributed by atoms with E-state index in [9.17, 15) is 8.78 Å². The summed E-state index contributed by atoms with van der Waals surface area (Å²) in [6.07, 6.45) is 4.82. The van der Waals surface area contributed by atoms with E-state index >= 15 is 0 Å². The molecule has 2 heterocycles. The summed E-state index contributed by atoms with van der Waals surface area (Å²) in [5, 5.41) is 3.33. The van der Waals surface area contributed by atoms with Crippen LogP contribution in [0.4, 0.5) is 8.78 Å². The highest BCUT2D eigenvalue weighted by atomic mass is 19.1. The highest BCUT2D eigenvalue weighted by Crippen LogP contribution is 2.22. The lowest BCUT2D eigenvalue weighted by molar-refractivity contribution is 0.368. The number of rotatable bonds is 3. The first-order valence-corrected chi connectivity index (χ1v) is 6.92. The minimum absolute atomic E-state index is 0.492. The molecule has 1 aliphatic heterocycles. The zero-order valence-corrected chi connectivity index (χ0v) is 11.1. The van der Waals surface area contributed by atoms with Gasteiger partial charge in [-0.15, -0.1) is 0 Å². The number of benzene rings is 1. The smallest absolute Gasteiger partial charge is 0.126 e. The molecule has 0 atom stereocenters. The fourth-order valence-corrected chi connectivity index (χ4v) is 2.68. The lowest BCUT2D eigenvalue weighted by Gasteiger charge is -2.21. The lowest BCUT2D eigenvalue weighted by Crippen LogP contribution is -2.28. The van der Waals surface area contributed by atoms with Gasteiger partial charge in [-0.05, 0) is 44.0 Å². The number of hydrogen-bond acceptors (Lipinski definition) is 2. The van der Waals surface area contributed by atoms with Gasteiger partial charge in [0.1, 0.15) is 17.5 Å². The molecule has 1 aromatic carbocycles. The molecule has 0 unspecified atom stereocenters. The average molecular weight is 277 g/mol. The van der Waals surface area contributed by atoms with Gasteiger partial charge in [-0.25, -0.2) is 13.8 Å². The molecule has 1 aromatic heterocycles. The Labute approximate surface area is 116 Å². The van der Waals surface area contributed by atoms with E-state index in [1.54, 1.807) is 6.20 Å². The van der Waals surface area contributed by atoms with E-state index in [4.69, 9.17) is 0 Å². The molecule has 0 bridgehead atoms. The topological polar surface area (TPSA) is 40.7 Å². The molecule has 0 radical (unpaired) electrons. The molecule has 0 saturated carbocycles. The van der Waals surface area contributed by atoms with Gasteiger partial charge in [-0.2, -0.15) is 0 Å². The zero-order valence-electron chi connectivity index (χ0n) is 11.1. The van der Waals surface area contributed by atoms with Gasteiger partial charge in [-0.3, -0.25) is 0 Å². The van der Waals surface area contributed by atoms with Crippen LogP contribution >= 0.6 is 0 Å². The SMILES string of the molecule is Fc1cc(F)cc(-c2cnc(CC3CCNCC3)[nH]2)c1. The van der Waals surface area contributed by atoms with Gasteiger partial charge in [0.15, 0.2) is 0 Å². The highest BCUT2D eigenvalue weighted by molar-refractivity contribution is 5.58. The maximum atomic E-state index is 13.2. The number of piperidine rings is 1. The quantitative estimate of drug-likeness (QED) is 0.905. The Balaban J connectivity index is 1.75. The molecule has 106 valence electrons. The van der Waals surface area contributed by atoms with Crippen LogP contribution in [0.1, 0.15) is 18.7 Å². The average Bonchev–Trinajstić information content (AvgIpc) is 2.87. The van der Waals surface area contributed by atoms with E-state index in [-0.39, 0.29) is 0 Å². The van der Waals surface area contributed by atoms with Crippen LogP contribution in [0, 0.1) is 17.6 Å². The monoisotopic (exact) mass is 277 g/mol. The van der Waals surface area contributed by atoms with Crippen molar-refractivity contribution in [2.45, 2.75) is 19.3 Å².